The van der Waals surface area contributed by atoms with Gasteiger partial charge in [0.1, 0.15) is 12.6 Å². The number of hydrogen-bond acceptors (Lipinski definition) is 10. The molecule has 0 unspecified atom stereocenters. The maximum Gasteiger partial charge on any atom is 0.344 e. The first-order chi connectivity index (χ1) is 14.3. The van der Waals surface area contributed by atoms with E-state index in [-0.39, 0.29) is 25.0 Å². The number of amides is 1. The molecule has 0 radical (unpaired) electrons. The highest BCUT2D eigenvalue weighted by atomic mass is 31.2. The van der Waals surface area contributed by atoms with Crippen LogP contribution in [0, 0.1) is 0 Å². The smallest absolute Gasteiger partial charge is 0.344 e. The summed E-state index contributed by atoms with van der Waals surface area (Å²) in [5.74, 6) is -0.295. The van der Waals surface area contributed by atoms with Crippen molar-refractivity contribution < 1.29 is 32.0 Å². The minimum atomic E-state index is -3.46. The predicted octanol–water partition coefficient (Wildman–Crippen LogP) is 1.66. The van der Waals surface area contributed by atoms with Gasteiger partial charge in [-0.25, -0.2) is 0 Å². The molecule has 180 valence electrons. The van der Waals surface area contributed by atoms with E-state index in [9.17, 15) is 13.9 Å². The third-order valence-corrected chi connectivity index (χ3v) is 7.93. The highest BCUT2D eigenvalue weighted by Gasteiger charge is 2.32. The van der Waals surface area contributed by atoms with Crippen LogP contribution in [0.15, 0.2) is 0 Å². The maximum atomic E-state index is 12.4. The summed E-state index contributed by atoms with van der Waals surface area (Å²) in [6.07, 6.45) is 2.51. The van der Waals surface area contributed by atoms with Crippen LogP contribution in [0.4, 0.5) is 0 Å². The van der Waals surface area contributed by atoms with Gasteiger partial charge < -0.3 is 34.0 Å². The fraction of sp³-hybridized carbons (Fsp3) is 0.941. The molecular formula is C17H40N4O7P2. The van der Waals surface area contributed by atoms with Gasteiger partial charge in [0.05, 0.1) is 6.54 Å². The molecule has 0 heterocycles. The number of nitrogens with zero attached hydrogens (tertiary/aromatic N) is 1. The lowest BCUT2D eigenvalue weighted by Gasteiger charge is -2.27. The Balaban J connectivity index is 4.38. The highest BCUT2D eigenvalue weighted by Crippen LogP contribution is 2.51. The van der Waals surface area contributed by atoms with E-state index in [4.69, 9.17) is 18.1 Å². The van der Waals surface area contributed by atoms with E-state index < -0.39 is 15.2 Å². The molecule has 13 heteroatoms. The predicted molar refractivity (Wildman–Crippen MR) is 118 cm³/mol. The van der Waals surface area contributed by atoms with Gasteiger partial charge in [0.15, 0.2) is 0 Å². The first-order valence-corrected chi connectivity index (χ1v) is 13.5. The third-order valence-electron chi connectivity index (χ3n) is 4.21. The van der Waals surface area contributed by atoms with Gasteiger partial charge in [-0.3, -0.25) is 18.8 Å². The maximum absolute atomic E-state index is 12.4. The van der Waals surface area contributed by atoms with Gasteiger partial charge in [-0.1, -0.05) is 6.92 Å². The zero-order valence-corrected chi connectivity index (χ0v) is 20.8. The average molecular weight is 474 g/mol. The van der Waals surface area contributed by atoms with Crippen molar-refractivity contribution in [3.05, 3.63) is 0 Å². The van der Waals surface area contributed by atoms with Gasteiger partial charge in [0.2, 0.25) is 5.91 Å². The monoisotopic (exact) mass is 474 g/mol. The van der Waals surface area contributed by atoms with Crippen LogP contribution in [0.25, 0.3) is 0 Å². The van der Waals surface area contributed by atoms with Crippen molar-refractivity contribution in [2.75, 3.05) is 80.3 Å². The van der Waals surface area contributed by atoms with E-state index >= 15 is 0 Å². The SMILES string of the molecule is CCCNCCCNCCCNC(=O)CN(CP(=O)(OC)OC)CP(=O)(OC)OC. The van der Waals surface area contributed by atoms with Crippen molar-refractivity contribution in [1.82, 2.24) is 20.9 Å². The summed E-state index contributed by atoms with van der Waals surface area (Å²) >= 11 is 0. The molecular weight excluding hydrogens is 434 g/mol. The molecule has 0 aliphatic heterocycles. The molecule has 0 bridgehead atoms. The minimum Gasteiger partial charge on any atom is -0.355 e. The van der Waals surface area contributed by atoms with Crippen LogP contribution in [0.5, 0.6) is 0 Å². The summed E-state index contributed by atoms with van der Waals surface area (Å²) in [4.78, 5) is 13.7. The fourth-order valence-electron chi connectivity index (χ4n) is 2.48. The average Bonchev–Trinajstić information content (AvgIpc) is 2.74. The number of hydrogen-bond donors (Lipinski definition) is 3. The Morgan fingerprint density at radius 3 is 1.63 bits per heavy atom. The Morgan fingerprint density at radius 1 is 0.767 bits per heavy atom. The molecule has 0 fully saturated rings. The molecule has 11 nitrogen and oxygen atoms in total. The molecule has 0 saturated carbocycles. The van der Waals surface area contributed by atoms with E-state index in [2.05, 4.69) is 22.9 Å². The zero-order chi connectivity index (χ0) is 22.9. The quantitative estimate of drug-likeness (QED) is 0.177. The second-order valence-electron chi connectivity index (χ2n) is 6.62. The fourth-order valence-corrected chi connectivity index (χ4v) is 4.78. The molecule has 0 aliphatic carbocycles. The summed E-state index contributed by atoms with van der Waals surface area (Å²) < 4.78 is 44.6. The third kappa shape index (κ3) is 13.9. The van der Waals surface area contributed by atoms with Crippen molar-refractivity contribution in [3.63, 3.8) is 0 Å². The van der Waals surface area contributed by atoms with E-state index in [1.165, 1.54) is 33.3 Å². The van der Waals surface area contributed by atoms with Gasteiger partial charge in [-0.15, -0.1) is 0 Å². The Labute approximate surface area is 181 Å². The molecule has 0 aliphatic rings. The lowest BCUT2D eigenvalue weighted by molar-refractivity contribution is -0.121. The summed E-state index contributed by atoms with van der Waals surface area (Å²) in [5.41, 5.74) is 0. The second-order valence-corrected chi connectivity index (χ2v) is 11.1. The van der Waals surface area contributed by atoms with E-state index in [0.717, 1.165) is 45.4 Å². The van der Waals surface area contributed by atoms with Gasteiger partial charge in [-0.2, -0.15) is 0 Å². The number of carbonyl (C=O) groups excluding carboxylic acids is 1. The van der Waals surface area contributed by atoms with Crippen LogP contribution in [0.3, 0.4) is 0 Å². The number of nitrogens with one attached hydrogen (secondary N) is 3. The van der Waals surface area contributed by atoms with E-state index in [0.29, 0.717) is 6.54 Å². The lowest BCUT2D eigenvalue weighted by Crippen LogP contribution is -2.39. The summed E-state index contributed by atoms with van der Waals surface area (Å²) in [7, 11) is -1.91. The van der Waals surface area contributed by atoms with Crippen LogP contribution in [-0.4, -0.2) is 91.1 Å². The molecule has 0 aromatic carbocycles. The zero-order valence-electron chi connectivity index (χ0n) is 19.0. The summed E-state index contributed by atoms with van der Waals surface area (Å²) in [6.45, 7) is 6.23. The Hall–Kier alpha value is -0.350. The van der Waals surface area contributed by atoms with Crippen LogP contribution in [0.1, 0.15) is 26.2 Å². The van der Waals surface area contributed by atoms with Gasteiger partial charge >= 0.3 is 15.2 Å². The summed E-state index contributed by atoms with van der Waals surface area (Å²) in [6, 6.07) is 0. The van der Waals surface area contributed by atoms with Crippen molar-refractivity contribution in [2.45, 2.75) is 26.2 Å². The highest BCUT2D eigenvalue weighted by molar-refractivity contribution is 7.54. The van der Waals surface area contributed by atoms with Gasteiger partial charge in [-0.05, 0) is 45.4 Å². The van der Waals surface area contributed by atoms with E-state index in [1.54, 1.807) is 0 Å². The standard InChI is InChI=1S/C17H40N4O7P2/c1-6-9-18-10-7-11-19-12-8-13-20-17(22)14-21(15-29(23,25-2)26-3)16-30(24,27-4)28-5/h18-19H,6-16H2,1-5H3,(H,20,22). The minimum absolute atomic E-state index is 0.149. The van der Waals surface area contributed by atoms with Crippen molar-refractivity contribution in [1.29, 1.82) is 0 Å². The van der Waals surface area contributed by atoms with Crippen LogP contribution in [-0.2, 0) is 32.0 Å². The van der Waals surface area contributed by atoms with Crippen LogP contribution in [0.2, 0.25) is 0 Å². The van der Waals surface area contributed by atoms with Crippen molar-refractivity contribution >= 4 is 21.1 Å². The molecule has 0 aromatic heterocycles. The first kappa shape index (κ1) is 29.7. The molecule has 1 amide bonds. The Morgan fingerprint density at radius 2 is 1.20 bits per heavy atom. The van der Waals surface area contributed by atoms with Crippen molar-refractivity contribution in [3.8, 4) is 0 Å². The van der Waals surface area contributed by atoms with E-state index in [1.807, 2.05) is 0 Å². The molecule has 0 saturated heterocycles. The molecule has 0 rings (SSSR count). The van der Waals surface area contributed by atoms with Crippen LogP contribution < -0.4 is 16.0 Å². The largest absolute Gasteiger partial charge is 0.355 e. The van der Waals surface area contributed by atoms with Gasteiger partial charge in [0.25, 0.3) is 0 Å². The molecule has 0 aromatic rings. The number of rotatable bonds is 20. The summed E-state index contributed by atoms with van der Waals surface area (Å²) in [5, 5.41) is 9.47. The molecule has 3 N–H and O–H groups in total. The lowest BCUT2D eigenvalue weighted by atomic mass is 10.3. The van der Waals surface area contributed by atoms with Crippen molar-refractivity contribution in [2.24, 2.45) is 0 Å². The topological polar surface area (TPSA) is 127 Å². The molecule has 0 atom stereocenters. The second kappa shape index (κ2) is 17.2. The van der Waals surface area contributed by atoms with Crippen LogP contribution >= 0.6 is 15.2 Å². The molecule has 0 spiro atoms. The normalized spacial score (nSPS) is 12.5. The molecule has 30 heavy (non-hydrogen) atoms. The number of carbonyl (C=O) groups is 1. The first-order valence-electron chi connectivity index (χ1n) is 10.1. The Kier molecular flexibility index (Phi) is 17.0. The Bertz CT molecular complexity index is 510. The van der Waals surface area contributed by atoms with Gasteiger partial charge in [0, 0.05) is 35.0 Å².